The molecule has 2 rings (SSSR count). The molecule has 0 amide bonds. The number of methoxy groups -OCH3 is 2. The maximum absolute atomic E-state index is 12.7. The zero-order valence-electron chi connectivity index (χ0n) is 28.2. The van der Waals surface area contributed by atoms with E-state index in [0.717, 1.165) is 44.3 Å². The second kappa shape index (κ2) is 21.5. The summed E-state index contributed by atoms with van der Waals surface area (Å²) in [6.45, 7) is 8.17. The summed E-state index contributed by atoms with van der Waals surface area (Å²) in [4.78, 5) is 59.6. The largest absolute Gasteiger partial charge is 0.494 e. The first-order chi connectivity index (χ1) is 23.5. The molecule has 2 aromatic rings. The van der Waals surface area contributed by atoms with Gasteiger partial charge >= 0.3 is 29.8 Å². The van der Waals surface area contributed by atoms with Gasteiger partial charge in [-0.25, -0.2) is 19.2 Å². The highest BCUT2D eigenvalue weighted by molar-refractivity contribution is 5.91. The number of esters is 5. The highest BCUT2D eigenvalue weighted by atomic mass is 16.6. The van der Waals surface area contributed by atoms with E-state index in [1.807, 2.05) is 0 Å². The first-order valence-electron chi connectivity index (χ1n) is 15.7. The molecule has 0 saturated heterocycles. The molecule has 0 spiro atoms. The van der Waals surface area contributed by atoms with Crippen LogP contribution in [-0.4, -0.2) is 70.5 Å². The minimum Gasteiger partial charge on any atom is -0.494 e. The summed E-state index contributed by atoms with van der Waals surface area (Å²) >= 11 is 0. The van der Waals surface area contributed by atoms with Crippen LogP contribution in [0.1, 0.15) is 61.4 Å². The van der Waals surface area contributed by atoms with Gasteiger partial charge in [0.2, 0.25) is 0 Å². The third-order valence-electron chi connectivity index (χ3n) is 7.03. The molecule has 0 unspecified atom stereocenters. The van der Waals surface area contributed by atoms with Gasteiger partial charge in [0.15, 0.2) is 11.5 Å². The number of benzene rings is 2. The minimum absolute atomic E-state index is 0.182. The summed E-state index contributed by atoms with van der Waals surface area (Å²) in [5, 5.41) is 0. The van der Waals surface area contributed by atoms with Crippen molar-refractivity contribution in [1.29, 1.82) is 0 Å². The number of carbonyl (C=O) groups is 5. The summed E-state index contributed by atoms with van der Waals surface area (Å²) < 4.78 is 36.6. The van der Waals surface area contributed by atoms with Crippen LogP contribution in [0.3, 0.4) is 0 Å². The molecule has 0 N–H and O–H groups in total. The Morgan fingerprint density at radius 3 is 1.88 bits per heavy atom. The fraction of sp³-hybridized carbons (Fsp3) is 0.378. The Morgan fingerprint density at radius 2 is 1.31 bits per heavy atom. The lowest BCUT2D eigenvalue weighted by molar-refractivity contribution is -0.168. The lowest BCUT2D eigenvalue weighted by Gasteiger charge is -2.26. The van der Waals surface area contributed by atoms with Crippen LogP contribution in [-0.2, 0) is 38.1 Å². The van der Waals surface area contributed by atoms with Crippen molar-refractivity contribution in [3.8, 4) is 17.2 Å². The van der Waals surface area contributed by atoms with E-state index in [1.54, 1.807) is 48.5 Å². The molecule has 0 aliphatic heterocycles. The van der Waals surface area contributed by atoms with Crippen molar-refractivity contribution in [2.24, 2.45) is 5.41 Å². The highest BCUT2D eigenvalue weighted by Crippen LogP contribution is 2.29. The molecule has 0 saturated carbocycles. The predicted octanol–water partition coefficient (Wildman–Crippen LogP) is 5.83. The molecule has 2 aromatic carbocycles. The Morgan fingerprint density at radius 1 is 0.714 bits per heavy atom. The van der Waals surface area contributed by atoms with Crippen molar-refractivity contribution in [2.45, 2.75) is 45.4 Å². The third-order valence-corrected chi connectivity index (χ3v) is 7.03. The molecule has 0 aliphatic rings. The van der Waals surface area contributed by atoms with Gasteiger partial charge in [-0.2, -0.15) is 0 Å². The average molecular weight is 681 g/mol. The van der Waals surface area contributed by atoms with Crippen molar-refractivity contribution in [1.82, 2.24) is 0 Å². The van der Waals surface area contributed by atoms with Crippen LogP contribution >= 0.6 is 0 Å². The molecule has 0 atom stereocenters. The fourth-order valence-corrected chi connectivity index (χ4v) is 4.13. The van der Waals surface area contributed by atoms with Crippen LogP contribution in [0.15, 0.2) is 73.9 Å². The van der Waals surface area contributed by atoms with Gasteiger partial charge < -0.3 is 33.2 Å². The van der Waals surface area contributed by atoms with Crippen LogP contribution in [0, 0.1) is 5.41 Å². The lowest BCUT2D eigenvalue weighted by Crippen LogP contribution is -2.40. The standard InChI is InChI=1S/C37H44O12/c1-6-32(38)47-25-37(3,26-48-33(39)7-2)36(42)46-23-13-11-9-8-10-12-22-45-29-18-16-28(17-19-29)35(41)49-30-20-14-27(24-31(30)43-4)15-21-34(40)44-5/h6-7,14-21,24H,1-2,8-13,22-23,25-26H2,3-5H3. The zero-order chi connectivity index (χ0) is 36.1. The summed E-state index contributed by atoms with van der Waals surface area (Å²) in [7, 11) is 2.74. The Balaban J connectivity index is 1.67. The lowest BCUT2D eigenvalue weighted by atomic mass is 9.93. The number of rotatable bonds is 22. The molecule has 264 valence electrons. The topological polar surface area (TPSA) is 150 Å². The van der Waals surface area contributed by atoms with Crippen molar-refractivity contribution in [3.05, 3.63) is 85.0 Å². The maximum atomic E-state index is 12.7. The zero-order valence-corrected chi connectivity index (χ0v) is 28.2. The molecule has 0 heterocycles. The Hall–Kier alpha value is -5.39. The first-order valence-corrected chi connectivity index (χ1v) is 15.7. The quantitative estimate of drug-likeness (QED) is 0.0484. The van der Waals surface area contributed by atoms with E-state index in [4.69, 9.17) is 28.4 Å². The molecular weight excluding hydrogens is 636 g/mol. The summed E-state index contributed by atoms with van der Waals surface area (Å²) in [6.07, 6.45) is 9.99. The van der Waals surface area contributed by atoms with Gasteiger partial charge in [-0.15, -0.1) is 0 Å². The molecule has 0 bridgehead atoms. The molecule has 0 radical (unpaired) electrons. The summed E-state index contributed by atoms with van der Waals surface area (Å²) in [5.41, 5.74) is -0.359. The van der Waals surface area contributed by atoms with E-state index in [-0.39, 0.29) is 25.6 Å². The molecule has 12 heteroatoms. The maximum Gasteiger partial charge on any atom is 0.343 e. The number of ether oxygens (including phenoxy) is 7. The second-order valence-corrected chi connectivity index (χ2v) is 11.0. The van der Waals surface area contributed by atoms with E-state index in [2.05, 4.69) is 17.9 Å². The summed E-state index contributed by atoms with van der Waals surface area (Å²) in [6, 6.07) is 11.5. The van der Waals surface area contributed by atoms with Gasteiger partial charge in [0.1, 0.15) is 24.4 Å². The SMILES string of the molecule is C=CC(=O)OCC(C)(COC(=O)C=C)C(=O)OCCCCCCCCOc1ccc(C(=O)Oc2ccc(C=CC(=O)OC)cc2OC)cc1. The smallest absolute Gasteiger partial charge is 0.343 e. The molecule has 0 fully saturated rings. The molecule has 12 nitrogen and oxygen atoms in total. The van der Waals surface area contributed by atoms with Crippen molar-refractivity contribution >= 4 is 35.9 Å². The number of hydrogen-bond donors (Lipinski definition) is 0. The molecular formula is C37H44O12. The molecule has 49 heavy (non-hydrogen) atoms. The Labute approximate surface area is 286 Å². The van der Waals surface area contributed by atoms with Crippen LogP contribution in [0.2, 0.25) is 0 Å². The van der Waals surface area contributed by atoms with Crippen molar-refractivity contribution < 1.29 is 57.1 Å². The minimum atomic E-state index is -1.37. The predicted molar refractivity (Wildman–Crippen MR) is 180 cm³/mol. The van der Waals surface area contributed by atoms with E-state index in [1.165, 1.54) is 27.2 Å². The molecule has 0 aromatic heterocycles. The summed E-state index contributed by atoms with van der Waals surface area (Å²) in [5.74, 6) is -1.90. The highest BCUT2D eigenvalue weighted by Gasteiger charge is 2.38. The Bertz CT molecular complexity index is 1430. The van der Waals surface area contributed by atoms with Gasteiger partial charge in [-0.3, -0.25) is 4.79 Å². The third kappa shape index (κ3) is 14.5. The normalized spacial score (nSPS) is 10.8. The average Bonchev–Trinajstić information content (AvgIpc) is 3.12. The van der Waals surface area contributed by atoms with E-state index < -0.39 is 35.3 Å². The van der Waals surface area contributed by atoms with Crippen molar-refractivity contribution in [3.63, 3.8) is 0 Å². The fourth-order valence-electron chi connectivity index (χ4n) is 4.13. The Kier molecular flexibility index (Phi) is 17.4. The molecule has 0 aliphatic carbocycles. The van der Waals surface area contributed by atoms with Crippen LogP contribution in [0.4, 0.5) is 0 Å². The van der Waals surface area contributed by atoms with Crippen LogP contribution in [0.5, 0.6) is 17.2 Å². The number of carbonyl (C=O) groups excluding carboxylic acids is 5. The van der Waals surface area contributed by atoms with Gasteiger partial charge in [0, 0.05) is 18.2 Å². The first kappa shape index (κ1) is 39.8. The van der Waals surface area contributed by atoms with Crippen molar-refractivity contribution in [2.75, 3.05) is 40.6 Å². The monoisotopic (exact) mass is 680 g/mol. The van der Waals surface area contributed by atoms with E-state index >= 15 is 0 Å². The van der Waals surface area contributed by atoms with Crippen LogP contribution in [0.25, 0.3) is 6.08 Å². The number of unbranched alkanes of at least 4 members (excludes halogenated alkanes) is 5. The van der Waals surface area contributed by atoms with E-state index in [9.17, 15) is 24.0 Å². The number of hydrogen-bond acceptors (Lipinski definition) is 12. The van der Waals surface area contributed by atoms with Gasteiger partial charge in [-0.1, -0.05) is 44.9 Å². The van der Waals surface area contributed by atoms with Crippen LogP contribution < -0.4 is 14.2 Å². The van der Waals surface area contributed by atoms with Gasteiger partial charge in [0.05, 0.1) is 33.0 Å². The second-order valence-electron chi connectivity index (χ2n) is 11.0. The van der Waals surface area contributed by atoms with Gasteiger partial charge in [-0.05, 0) is 67.8 Å². The van der Waals surface area contributed by atoms with Gasteiger partial charge in [0.25, 0.3) is 0 Å². The van der Waals surface area contributed by atoms with E-state index in [0.29, 0.717) is 35.7 Å².